The van der Waals surface area contributed by atoms with E-state index in [1.165, 1.54) is 0 Å². The highest BCUT2D eigenvalue weighted by molar-refractivity contribution is 6.32. The van der Waals surface area contributed by atoms with Crippen LogP contribution in [0.25, 0.3) is 0 Å². The number of halogens is 1. The minimum Gasteiger partial charge on any atom is -0.370 e. The maximum Gasteiger partial charge on any atom is 0.168 e. The maximum atomic E-state index is 12.6. The monoisotopic (exact) mass is 300 g/mol. The lowest BCUT2D eigenvalue weighted by Crippen LogP contribution is -2.38. The second-order valence-corrected chi connectivity index (χ2v) is 6.38. The van der Waals surface area contributed by atoms with Crippen molar-refractivity contribution in [3.05, 3.63) is 16.4 Å². The number of ether oxygens (including phenoxy) is 1. The molecular weight excluding hydrogens is 276 g/mol. The molecule has 0 saturated carbocycles. The van der Waals surface area contributed by atoms with Crippen molar-refractivity contribution in [2.45, 2.75) is 60.6 Å². The van der Waals surface area contributed by atoms with Gasteiger partial charge in [-0.2, -0.15) is 5.10 Å². The van der Waals surface area contributed by atoms with Crippen LogP contribution in [-0.2, 0) is 22.5 Å². The summed E-state index contributed by atoms with van der Waals surface area (Å²) in [5.74, 6) is 0.0517. The van der Waals surface area contributed by atoms with Gasteiger partial charge in [-0.05, 0) is 26.2 Å². The highest BCUT2D eigenvalue weighted by Gasteiger charge is 2.32. The molecule has 0 bridgehead atoms. The van der Waals surface area contributed by atoms with Gasteiger partial charge in [0.25, 0.3) is 0 Å². The number of carbonyl (C=O) groups excluding carboxylic acids is 1. The quantitative estimate of drug-likeness (QED) is 0.808. The zero-order chi connectivity index (χ0) is 15.5. The van der Waals surface area contributed by atoms with Gasteiger partial charge in [-0.15, -0.1) is 0 Å². The molecule has 0 aliphatic carbocycles. The van der Waals surface area contributed by atoms with Crippen LogP contribution in [0.4, 0.5) is 0 Å². The van der Waals surface area contributed by atoms with Crippen molar-refractivity contribution in [2.24, 2.45) is 5.41 Å². The van der Waals surface area contributed by atoms with Crippen LogP contribution >= 0.6 is 11.6 Å². The number of hydrogen-bond donors (Lipinski definition) is 0. The van der Waals surface area contributed by atoms with E-state index in [2.05, 4.69) is 5.10 Å². The molecule has 0 aliphatic rings. The summed E-state index contributed by atoms with van der Waals surface area (Å²) in [5.41, 5.74) is 1.32. The Morgan fingerprint density at radius 3 is 2.45 bits per heavy atom. The fraction of sp³-hybridized carbons (Fsp3) is 0.733. The van der Waals surface area contributed by atoms with Gasteiger partial charge in [0.2, 0.25) is 0 Å². The van der Waals surface area contributed by atoms with E-state index < -0.39 is 6.10 Å². The number of ketones is 1. The predicted molar refractivity (Wildman–Crippen MR) is 81.2 cm³/mol. The molecule has 0 aromatic carbocycles. The normalized spacial score (nSPS) is 13.6. The van der Waals surface area contributed by atoms with Gasteiger partial charge in [-0.25, -0.2) is 0 Å². The number of nitrogens with zero attached hydrogens (tertiary/aromatic N) is 2. The average Bonchev–Trinajstić information content (AvgIpc) is 2.62. The van der Waals surface area contributed by atoms with Gasteiger partial charge in [0.05, 0.1) is 22.8 Å². The predicted octanol–water partition coefficient (Wildman–Crippen LogP) is 3.43. The van der Waals surface area contributed by atoms with E-state index in [-0.39, 0.29) is 17.6 Å². The van der Waals surface area contributed by atoms with Crippen LogP contribution in [0.5, 0.6) is 0 Å². The number of hydrogen-bond acceptors (Lipinski definition) is 3. The first-order chi connectivity index (χ1) is 9.22. The lowest BCUT2D eigenvalue weighted by atomic mass is 9.85. The first-order valence-electron chi connectivity index (χ1n) is 7.08. The smallest absolute Gasteiger partial charge is 0.168 e. The minimum absolute atomic E-state index is 0.0517. The summed E-state index contributed by atoms with van der Waals surface area (Å²) in [6, 6.07) is 0. The van der Waals surface area contributed by atoms with Crippen molar-refractivity contribution in [3.8, 4) is 0 Å². The molecular formula is C15H25ClN2O2. The van der Waals surface area contributed by atoms with Crippen LogP contribution in [0, 0.1) is 12.3 Å². The molecule has 0 amide bonds. The number of Topliss-reactive ketones (excluding diaryl/α,β-unsaturated/α-hetero) is 1. The topological polar surface area (TPSA) is 44.1 Å². The van der Waals surface area contributed by atoms with Crippen LogP contribution in [-0.4, -0.2) is 28.3 Å². The van der Waals surface area contributed by atoms with Crippen molar-refractivity contribution in [3.63, 3.8) is 0 Å². The van der Waals surface area contributed by atoms with E-state index in [1.54, 1.807) is 4.68 Å². The Labute approximate surface area is 126 Å². The molecule has 0 N–H and O–H groups in total. The Balaban J connectivity index is 2.99. The maximum absolute atomic E-state index is 12.6. The molecule has 0 fully saturated rings. The molecule has 1 atom stereocenters. The van der Waals surface area contributed by atoms with Crippen LogP contribution in [0.2, 0.25) is 5.02 Å². The zero-order valence-corrected chi connectivity index (χ0v) is 14.0. The van der Waals surface area contributed by atoms with E-state index >= 15 is 0 Å². The van der Waals surface area contributed by atoms with E-state index in [0.717, 1.165) is 11.4 Å². The average molecular weight is 301 g/mol. The van der Waals surface area contributed by atoms with Crippen molar-refractivity contribution >= 4 is 17.4 Å². The third-order valence-electron chi connectivity index (χ3n) is 3.21. The summed E-state index contributed by atoms with van der Waals surface area (Å²) in [6.07, 6.45) is -0.167. The number of carbonyl (C=O) groups is 1. The van der Waals surface area contributed by atoms with E-state index in [9.17, 15) is 4.79 Å². The van der Waals surface area contributed by atoms with Gasteiger partial charge < -0.3 is 4.74 Å². The Kier molecular flexibility index (Phi) is 5.78. The number of rotatable bonds is 6. The van der Waals surface area contributed by atoms with Crippen molar-refractivity contribution in [1.82, 2.24) is 9.78 Å². The molecule has 5 heteroatoms. The third-order valence-corrected chi connectivity index (χ3v) is 3.70. The molecule has 4 nitrogen and oxygen atoms in total. The molecule has 0 spiro atoms. The molecule has 1 aromatic rings. The summed E-state index contributed by atoms with van der Waals surface area (Å²) in [4.78, 5) is 12.6. The van der Waals surface area contributed by atoms with Gasteiger partial charge in [0, 0.05) is 13.2 Å². The molecule has 0 radical (unpaired) electrons. The van der Waals surface area contributed by atoms with Crippen LogP contribution in [0.3, 0.4) is 0 Å². The Morgan fingerprint density at radius 2 is 2.00 bits per heavy atom. The first kappa shape index (κ1) is 17.2. The van der Waals surface area contributed by atoms with E-state index in [0.29, 0.717) is 18.2 Å². The number of aromatic nitrogens is 2. The van der Waals surface area contributed by atoms with Crippen LogP contribution in [0.15, 0.2) is 0 Å². The standard InChI is InChI=1S/C15H25ClN2O2/c1-7-18-11(13(16)10(3)17-18)9-12(19)14(20-8-2)15(4,5)6/h14H,7-9H2,1-6H3. The minimum atomic E-state index is -0.427. The van der Waals surface area contributed by atoms with Crippen molar-refractivity contribution in [1.29, 1.82) is 0 Å². The largest absolute Gasteiger partial charge is 0.370 e. The lowest BCUT2D eigenvalue weighted by Gasteiger charge is -2.29. The van der Waals surface area contributed by atoms with Gasteiger partial charge in [-0.3, -0.25) is 9.48 Å². The van der Waals surface area contributed by atoms with Crippen LogP contribution < -0.4 is 0 Å². The van der Waals surface area contributed by atoms with Crippen molar-refractivity contribution < 1.29 is 9.53 Å². The fourth-order valence-corrected chi connectivity index (χ4v) is 2.49. The lowest BCUT2D eigenvalue weighted by molar-refractivity contribution is -0.136. The molecule has 20 heavy (non-hydrogen) atoms. The summed E-state index contributed by atoms with van der Waals surface area (Å²) in [7, 11) is 0. The Morgan fingerprint density at radius 1 is 1.40 bits per heavy atom. The second-order valence-electron chi connectivity index (χ2n) is 6.01. The van der Waals surface area contributed by atoms with Crippen molar-refractivity contribution in [2.75, 3.05) is 6.61 Å². The Hall–Kier alpha value is -0.870. The Bertz CT molecular complexity index is 475. The molecule has 0 saturated heterocycles. The molecule has 1 rings (SSSR count). The summed E-state index contributed by atoms with van der Waals surface area (Å²) in [5, 5.41) is 4.93. The zero-order valence-electron chi connectivity index (χ0n) is 13.3. The molecule has 1 aromatic heterocycles. The van der Waals surface area contributed by atoms with E-state index in [4.69, 9.17) is 16.3 Å². The highest BCUT2D eigenvalue weighted by atomic mass is 35.5. The SMILES string of the molecule is CCOC(C(=O)Cc1c(Cl)c(C)nn1CC)C(C)(C)C. The van der Waals surface area contributed by atoms with Gasteiger partial charge in [0.1, 0.15) is 6.10 Å². The molecule has 1 unspecified atom stereocenters. The molecule has 114 valence electrons. The fourth-order valence-electron chi connectivity index (χ4n) is 2.29. The highest BCUT2D eigenvalue weighted by Crippen LogP contribution is 2.27. The first-order valence-corrected chi connectivity index (χ1v) is 7.46. The van der Waals surface area contributed by atoms with Gasteiger partial charge in [-0.1, -0.05) is 32.4 Å². The summed E-state index contributed by atoms with van der Waals surface area (Å²) >= 11 is 6.26. The number of aryl methyl sites for hydroxylation is 2. The van der Waals surface area contributed by atoms with Gasteiger partial charge >= 0.3 is 0 Å². The van der Waals surface area contributed by atoms with Gasteiger partial charge in [0.15, 0.2) is 5.78 Å². The van der Waals surface area contributed by atoms with E-state index in [1.807, 2.05) is 41.5 Å². The summed E-state index contributed by atoms with van der Waals surface area (Å²) in [6.45, 7) is 13.0. The second kappa shape index (κ2) is 6.72. The summed E-state index contributed by atoms with van der Waals surface area (Å²) < 4.78 is 7.43. The third kappa shape index (κ3) is 3.83. The van der Waals surface area contributed by atoms with Crippen LogP contribution in [0.1, 0.15) is 46.0 Å². The molecule has 0 aliphatic heterocycles. The molecule has 1 heterocycles.